The topological polar surface area (TPSA) is 60.2 Å². The van der Waals surface area contributed by atoms with Crippen LogP contribution >= 0.6 is 47.8 Å². The molecule has 0 aliphatic rings. The Morgan fingerprint density at radius 2 is 2.05 bits per heavy atom. The van der Waals surface area contributed by atoms with Gasteiger partial charge in [-0.05, 0) is 54.7 Å². The standard InChI is InChI=1S/C12H12Br3N3O2/c1-3-16-12-9(14)7(5-19-2)17-11(18-12)8-4-6(13)10(15)20-8/h4H,3,5H2,1-2H3,(H,16,17,18). The van der Waals surface area contributed by atoms with Crippen LogP contribution in [0.15, 0.2) is 24.1 Å². The lowest BCUT2D eigenvalue weighted by Gasteiger charge is -2.10. The Balaban J connectivity index is 2.52. The van der Waals surface area contributed by atoms with Crippen molar-refractivity contribution < 1.29 is 9.15 Å². The highest BCUT2D eigenvalue weighted by Crippen LogP contribution is 2.33. The molecule has 0 saturated heterocycles. The van der Waals surface area contributed by atoms with Crippen molar-refractivity contribution in [1.82, 2.24) is 9.97 Å². The minimum atomic E-state index is 0.386. The van der Waals surface area contributed by atoms with E-state index >= 15 is 0 Å². The number of furan rings is 1. The second-order valence-electron chi connectivity index (χ2n) is 3.85. The molecule has 0 spiro atoms. The molecule has 0 saturated carbocycles. The molecule has 0 aliphatic heterocycles. The molecule has 0 aromatic carbocycles. The van der Waals surface area contributed by atoms with Crippen molar-refractivity contribution in [3.05, 3.63) is 25.4 Å². The van der Waals surface area contributed by atoms with Gasteiger partial charge in [-0.15, -0.1) is 0 Å². The summed E-state index contributed by atoms with van der Waals surface area (Å²) in [6.07, 6.45) is 0. The van der Waals surface area contributed by atoms with Crippen LogP contribution in [0, 0.1) is 0 Å². The number of hydrogen-bond acceptors (Lipinski definition) is 5. The van der Waals surface area contributed by atoms with Gasteiger partial charge >= 0.3 is 0 Å². The first-order valence-electron chi connectivity index (χ1n) is 5.81. The zero-order valence-electron chi connectivity index (χ0n) is 10.8. The SMILES string of the molecule is CCNc1nc(-c2cc(Br)c(Br)o2)nc(COC)c1Br. The van der Waals surface area contributed by atoms with Gasteiger partial charge < -0.3 is 14.5 Å². The van der Waals surface area contributed by atoms with Gasteiger partial charge in [-0.3, -0.25) is 0 Å². The average molecular weight is 470 g/mol. The fourth-order valence-electron chi connectivity index (χ4n) is 1.58. The Bertz CT molecular complexity index is 569. The fraction of sp³-hybridized carbons (Fsp3) is 0.333. The molecule has 0 unspecified atom stereocenters. The zero-order chi connectivity index (χ0) is 14.7. The molecule has 0 bridgehead atoms. The van der Waals surface area contributed by atoms with Gasteiger partial charge in [0.1, 0.15) is 5.82 Å². The molecule has 0 amide bonds. The van der Waals surface area contributed by atoms with E-state index < -0.39 is 0 Å². The summed E-state index contributed by atoms with van der Waals surface area (Å²) in [4.78, 5) is 8.94. The normalized spacial score (nSPS) is 10.8. The molecule has 20 heavy (non-hydrogen) atoms. The summed E-state index contributed by atoms with van der Waals surface area (Å²) in [6, 6.07) is 1.82. The van der Waals surface area contributed by atoms with Gasteiger partial charge in [0.05, 0.1) is 21.2 Å². The van der Waals surface area contributed by atoms with Crippen LogP contribution in [0.25, 0.3) is 11.6 Å². The number of methoxy groups -OCH3 is 1. The maximum Gasteiger partial charge on any atom is 0.198 e. The Kier molecular flexibility index (Phi) is 5.59. The maximum absolute atomic E-state index is 5.57. The minimum absolute atomic E-state index is 0.386. The number of halogens is 3. The second-order valence-corrected chi connectivity index (χ2v) is 6.22. The highest BCUT2D eigenvalue weighted by Gasteiger charge is 2.16. The first-order chi connectivity index (χ1) is 9.56. The zero-order valence-corrected chi connectivity index (χ0v) is 15.6. The van der Waals surface area contributed by atoms with Crippen LogP contribution in [0.5, 0.6) is 0 Å². The van der Waals surface area contributed by atoms with Crippen molar-refractivity contribution in [3.63, 3.8) is 0 Å². The van der Waals surface area contributed by atoms with E-state index in [1.165, 1.54) is 0 Å². The summed E-state index contributed by atoms with van der Waals surface area (Å²) < 4.78 is 13.0. The first-order valence-corrected chi connectivity index (χ1v) is 8.19. The quantitative estimate of drug-likeness (QED) is 0.693. The number of rotatable bonds is 5. The van der Waals surface area contributed by atoms with Crippen LogP contribution in [-0.2, 0) is 11.3 Å². The predicted molar refractivity (Wildman–Crippen MR) is 87.7 cm³/mol. The second kappa shape index (κ2) is 7.02. The number of hydrogen-bond donors (Lipinski definition) is 1. The van der Waals surface area contributed by atoms with Crippen LogP contribution in [0.2, 0.25) is 0 Å². The van der Waals surface area contributed by atoms with Gasteiger partial charge in [0, 0.05) is 19.7 Å². The van der Waals surface area contributed by atoms with Crippen molar-refractivity contribution in [2.75, 3.05) is 19.0 Å². The van der Waals surface area contributed by atoms with Gasteiger partial charge in [-0.1, -0.05) is 0 Å². The lowest BCUT2D eigenvalue weighted by Crippen LogP contribution is -2.06. The van der Waals surface area contributed by atoms with E-state index in [9.17, 15) is 0 Å². The summed E-state index contributed by atoms with van der Waals surface area (Å²) in [5, 5.41) is 3.19. The van der Waals surface area contributed by atoms with Crippen LogP contribution in [0.1, 0.15) is 12.6 Å². The minimum Gasteiger partial charge on any atom is -0.445 e. The van der Waals surface area contributed by atoms with E-state index in [0.717, 1.165) is 21.2 Å². The molecular weight excluding hydrogens is 458 g/mol. The van der Waals surface area contributed by atoms with E-state index in [1.54, 1.807) is 7.11 Å². The van der Waals surface area contributed by atoms with Crippen molar-refractivity contribution in [2.45, 2.75) is 13.5 Å². The lowest BCUT2D eigenvalue weighted by molar-refractivity contribution is 0.181. The van der Waals surface area contributed by atoms with Crippen molar-refractivity contribution in [2.24, 2.45) is 0 Å². The fourth-order valence-corrected chi connectivity index (χ4v) is 2.59. The molecule has 108 valence electrons. The number of anilines is 1. The molecule has 0 radical (unpaired) electrons. The number of nitrogens with one attached hydrogen (secondary N) is 1. The van der Waals surface area contributed by atoms with Crippen LogP contribution in [0.3, 0.4) is 0 Å². The molecule has 2 aromatic rings. The van der Waals surface area contributed by atoms with Crippen molar-refractivity contribution in [3.8, 4) is 11.6 Å². The first kappa shape index (κ1) is 15.9. The van der Waals surface area contributed by atoms with Gasteiger partial charge in [0.2, 0.25) is 0 Å². The molecule has 2 heterocycles. The largest absolute Gasteiger partial charge is 0.445 e. The van der Waals surface area contributed by atoms with Crippen molar-refractivity contribution >= 4 is 53.6 Å². The van der Waals surface area contributed by atoms with E-state index in [1.807, 2.05) is 13.0 Å². The number of ether oxygens (including phenoxy) is 1. The van der Waals surface area contributed by atoms with Crippen LogP contribution < -0.4 is 5.32 Å². The average Bonchev–Trinajstić information content (AvgIpc) is 2.75. The summed E-state index contributed by atoms with van der Waals surface area (Å²) in [5.41, 5.74) is 0.761. The maximum atomic E-state index is 5.57. The predicted octanol–water partition coefficient (Wildman–Crippen LogP) is 4.60. The van der Waals surface area contributed by atoms with E-state index in [4.69, 9.17) is 9.15 Å². The van der Waals surface area contributed by atoms with Gasteiger partial charge in [0.15, 0.2) is 16.3 Å². The highest BCUT2D eigenvalue weighted by atomic mass is 79.9. The molecule has 8 heteroatoms. The molecule has 0 aliphatic carbocycles. The van der Waals surface area contributed by atoms with Crippen molar-refractivity contribution in [1.29, 1.82) is 0 Å². The van der Waals surface area contributed by atoms with Gasteiger partial charge in [0.25, 0.3) is 0 Å². The third kappa shape index (κ3) is 3.41. The van der Waals surface area contributed by atoms with E-state index in [0.29, 0.717) is 28.7 Å². The Hall–Kier alpha value is -0.440. The molecule has 5 nitrogen and oxygen atoms in total. The third-order valence-corrected chi connectivity index (χ3v) is 4.95. The van der Waals surface area contributed by atoms with E-state index in [-0.39, 0.29) is 0 Å². The molecular formula is C12H12Br3N3O2. The Labute approximate surface area is 141 Å². The smallest absolute Gasteiger partial charge is 0.198 e. The Morgan fingerprint density at radius 1 is 1.30 bits per heavy atom. The molecule has 0 atom stereocenters. The molecule has 2 rings (SSSR count). The number of aromatic nitrogens is 2. The summed E-state index contributed by atoms with van der Waals surface area (Å²) in [5.74, 6) is 1.79. The van der Waals surface area contributed by atoms with Crippen LogP contribution in [-0.4, -0.2) is 23.6 Å². The monoisotopic (exact) mass is 467 g/mol. The highest BCUT2D eigenvalue weighted by molar-refractivity contribution is 9.13. The third-order valence-electron chi connectivity index (χ3n) is 2.41. The van der Waals surface area contributed by atoms with Crippen LogP contribution in [0.4, 0.5) is 5.82 Å². The van der Waals surface area contributed by atoms with E-state index in [2.05, 4.69) is 63.1 Å². The lowest BCUT2D eigenvalue weighted by atomic mass is 10.3. The molecule has 1 N–H and O–H groups in total. The van der Waals surface area contributed by atoms with Gasteiger partial charge in [-0.25, -0.2) is 9.97 Å². The van der Waals surface area contributed by atoms with Gasteiger partial charge in [-0.2, -0.15) is 0 Å². The summed E-state index contributed by atoms with van der Waals surface area (Å²) in [6.45, 7) is 3.15. The summed E-state index contributed by atoms with van der Waals surface area (Å²) in [7, 11) is 1.63. The molecule has 0 fully saturated rings. The number of nitrogens with zero attached hydrogens (tertiary/aromatic N) is 2. The Morgan fingerprint density at radius 3 is 2.60 bits per heavy atom. The molecule has 2 aromatic heterocycles. The summed E-state index contributed by atoms with van der Waals surface area (Å²) >= 11 is 10.2.